The van der Waals surface area contributed by atoms with Crippen molar-refractivity contribution in [1.82, 2.24) is 24.6 Å². The molecule has 0 N–H and O–H groups in total. The van der Waals surface area contributed by atoms with Crippen molar-refractivity contribution < 1.29 is 14.3 Å². The normalized spacial score (nSPS) is 25.8. The van der Waals surface area contributed by atoms with E-state index in [1.165, 1.54) is 43.9 Å². The number of nitrogens with zero attached hydrogens (tertiary/aromatic N) is 5. The summed E-state index contributed by atoms with van der Waals surface area (Å²) in [6, 6.07) is 16.8. The first-order chi connectivity index (χ1) is 22.6. The standard InChI is InChI=1S/C38H45N5O3/c44-37(27-43-26-34(24-40-43)31-5-7-32(8-6-31)36-25-39-23-33-3-1-2-4-35(33)36)42-11-9-41(10-12-42)13-14-45-15-16-46-38-20-28-17-29(21-38)19-30(18-28)22-38/h1-8,23-26,28-30H,9-22,27H2. The molecular formula is C38H45N5O3. The summed E-state index contributed by atoms with van der Waals surface area (Å²) >= 11 is 0. The van der Waals surface area contributed by atoms with Gasteiger partial charge in [-0.1, -0.05) is 48.5 Å². The summed E-state index contributed by atoms with van der Waals surface area (Å²) in [5.41, 5.74) is 4.49. The second kappa shape index (κ2) is 12.9. The largest absolute Gasteiger partial charge is 0.378 e. The molecule has 240 valence electrons. The molecule has 0 unspecified atom stereocenters. The minimum Gasteiger partial charge on any atom is -0.378 e. The molecule has 46 heavy (non-hydrogen) atoms. The van der Waals surface area contributed by atoms with Crippen molar-refractivity contribution in [3.05, 3.63) is 73.3 Å². The summed E-state index contributed by atoms with van der Waals surface area (Å²) in [4.78, 5) is 21.9. The number of piperazine rings is 1. The summed E-state index contributed by atoms with van der Waals surface area (Å²) in [5, 5.41) is 6.83. The van der Waals surface area contributed by atoms with Crippen LogP contribution >= 0.6 is 0 Å². The van der Waals surface area contributed by atoms with Crippen LogP contribution in [-0.4, -0.2) is 88.6 Å². The molecular weight excluding hydrogens is 574 g/mol. The Bertz CT molecular complexity index is 1620. The minimum absolute atomic E-state index is 0.117. The van der Waals surface area contributed by atoms with Crippen LogP contribution in [0.25, 0.3) is 33.0 Å². The maximum absolute atomic E-state index is 13.1. The summed E-state index contributed by atoms with van der Waals surface area (Å²) in [5.74, 6) is 2.86. The Morgan fingerprint density at radius 1 is 0.783 bits per heavy atom. The summed E-state index contributed by atoms with van der Waals surface area (Å²) in [6.07, 6.45) is 15.8. The van der Waals surface area contributed by atoms with Crippen LogP contribution in [0.1, 0.15) is 38.5 Å². The predicted octanol–water partition coefficient (Wildman–Crippen LogP) is 5.91. The summed E-state index contributed by atoms with van der Waals surface area (Å²) in [7, 11) is 0. The number of fused-ring (bicyclic) bond motifs is 1. The lowest BCUT2D eigenvalue weighted by Gasteiger charge is -2.56. The van der Waals surface area contributed by atoms with Gasteiger partial charge in [0, 0.05) is 67.8 Å². The first-order valence-electron chi connectivity index (χ1n) is 17.3. The lowest BCUT2D eigenvalue weighted by molar-refractivity contribution is -0.169. The van der Waals surface area contributed by atoms with Crippen molar-refractivity contribution in [2.75, 3.05) is 52.5 Å². The molecule has 8 heteroatoms. The number of benzene rings is 2. The number of hydrogen-bond donors (Lipinski definition) is 0. The van der Waals surface area contributed by atoms with Crippen molar-refractivity contribution in [2.45, 2.75) is 50.7 Å². The molecule has 5 fully saturated rings. The van der Waals surface area contributed by atoms with E-state index in [-0.39, 0.29) is 18.1 Å². The Hall–Kier alpha value is -3.59. The molecule has 0 spiro atoms. The van der Waals surface area contributed by atoms with Gasteiger partial charge in [-0.15, -0.1) is 0 Å². The maximum Gasteiger partial charge on any atom is 0.244 e. The lowest BCUT2D eigenvalue weighted by Crippen LogP contribution is -2.52. The molecule has 4 aromatic rings. The number of carbonyl (C=O) groups excluding carboxylic acids is 1. The third-order valence-electron chi connectivity index (χ3n) is 11.0. The van der Waals surface area contributed by atoms with Gasteiger partial charge >= 0.3 is 0 Å². The zero-order valence-electron chi connectivity index (χ0n) is 26.7. The van der Waals surface area contributed by atoms with Crippen molar-refractivity contribution in [2.24, 2.45) is 17.8 Å². The molecule has 0 atom stereocenters. The number of amides is 1. The fourth-order valence-corrected chi connectivity index (χ4v) is 9.07. The van der Waals surface area contributed by atoms with Crippen molar-refractivity contribution >= 4 is 16.7 Å². The summed E-state index contributed by atoms with van der Waals surface area (Å²) in [6.45, 7) is 6.51. The second-order valence-electron chi connectivity index (χ2n) is 14.2. The zero-order chi connectivity index (χ0) is 30.9. The van der Waals surface area contributed by atoms with E-state index in [4.69, 9.17) is 9.47 Å². The first kappa shape index (κ1) is 29.8. The SMILES string of the molecule is O=C(Cn1cc(-c2ccc(-c3cncc4ccccc34)cc2)cn1)N1CCN(CCOCCOC23CC4CC(CC(C4)C2)C3)CC1. The van der Waals surface area contributed by atoms with Crippen molar-refractivity contribution in [3.63, 3.8) is 0 Å². The van der Waals surface area contributed by atoms with Gasteiger partial charge in [0.2, 0.25) is 5.91 Å². The molecule has 1 aliphatic heterocycles. The van der Waals surface area contributed by atoms with E-state index in [0.717, 1.165) is 84.7 Å². The molecule has 9 rings (SSSR count). The van der Waals surface area contributed by atoms with E-state index in [1.807, 2.05) is 35.8 Å². The average Bonchev–Trinajstić information content (AvgIpc) is 3.54. The first-order valence-corrected chi connectivity index (χ1v) is 17.3. The topological polar surface area (TPSA) is 72.7 Å². The van der Waals surface area contributed by atoms with Crippen LogP contribution in [-0.2, 0) is 20.8 Å². The van der Waals surface area contributed by atoms with Crippen LogP contribution in [0.4, 0.5) is 0 Å². The Balaban J connectivity index is 0.757. The molecule has 4 saturated carbocycles. The van der Waals surface area contributed by atoms with Gasteiger partial charge < -0.3 is 14.4 Å². The van der Waals surface area contributed by atoms with Gasteiger partial charge in [0.05, 0.1) is 31.6 Å². The molecule has 4 aliphatic carbocycles. The Kier molecular flexibility index (Phi) is 8.35. The fourth-order valence-electron chi connectivity index (χ4n) is 9.07. The van der Waals surface area contributed by atoms with E-state index in [1.54, 1.807) is 4.68 Å². The predicted molar refractivity (Wildman–Crippen MR) is 179 cm³/mol. The molecule has 1 saturated heterocycles. The molecule has 1 amide bonds. The van der Waals surface area contributed by atoms with Crippen molar-refractivity contribution in [3.8, 4) is 22.3 Å². The van der Waals surface area contributed by atoms with E-state index in [2.05, 4.69) is 57.4 Å². The number of rotatable bonds is 11. The average molecular weight is 620 g/mol. The van der Waals surface area contributed by atoms with Crippen LogP contribution in [0.15, 0.2) is 73.3 Å². The van der Waals surface area contributed by atoms with Crippen LogP contribution < -0.4 is 0 Å². The highest BCUT2D eigenvalue weighted by molar-refractivity contribution is 5.95. The molecule has 2 aromatic heterocycles. The highest BCUT2D eigenvalue weighted by Gasteiger charge is 2.51. The molecule has 0 radical (unpaired) electrons. The Morgan fingerprint density at radius 3 is 2.26 bits per heavy atom. The Morgan fingerprint density at radius 2 is 1.50 bits per heavy atom. The van der Waals surface area contributed by atoms with Gasteiger partial charge in [-0.3, -0.25) is 19.4 Å². The minimum atomic E-state index is 0.117. The Labute approximate surface area is 271 Å². The van der Waals surface area contributed by atoms with Gasteiger partial charge in [0.15, 0.2) is 0 Å². The number of pyridine rings is 1. The van der Waals surface area contributed by atoms with Crippen LogP contribution in [0.3, 0.4) is 0 Å². The van der Waals surface area contributed by atoms with E-state index in [9.17, 15) is 4.79 Å². The third-order valence-corrected chi connectivity index (χ3v) is 11.0. The smallest absolute Gasteiger partial charge is 0.244 e. The van der Waals surface area contributed by atoms with Crippen LogP contribution in [0.2, 0.25) is 0 Å². The number of hydrogen-bond acceptors (Lipinski definition) is 6. The van der Waals surface area contributed by atoms with Gasteiger partial charge in [-0.25, -0.2) is 0 Å². The number of aromatic nitrogens is 3. The highest BCUT2D eigenvalue weighted by Crippen LogP contribution is 2.57. The molecule has 4 bridgehead atoms. The highest BCUT2D eigenvalue weighted by atomic mass is 16.5. The molecule has 8 nitrogen and oxygen atoms in total. The van der Waals surface area contributed by atoms with Crippen molar-refractivity contribution in [1.29, 1.82) is 0 Å². The van der Waals surface area contributed by atoms with Gasteiger partial charge in [0.25, 0.3) is 0 Å². The lowest BCUT2D eigenvalue weighted by atomic mass is 9.54. The number of ether oxygens (including phenoxy) is 2. The quantitative estimate of drug-likeness (QED) is 0.195. The van der Waals surface area contributed by atoms with Crippen LogP contribution in [0.5, 0.6) is 0 Å². The fraction of sp³-hybridized carbons (Fsp3) is 0.500. The van der Waals surface area contributed by atoms with Gasteiger partial charge in [-0.05, 0) is 72.8 Å². The third kappa shape index (κ3) is 6.35. The monoisotopic (exact) mass is 619 g/mol. The van der Waals surface area contributed by atoms with E-state index < -0.39 is 0 Å². The van der Waals surface area contributed by atoms with Crippen LogP contribution in [0, 0.1) is 17.8 Å². The molecule has 2 aromatic carbocycles. The van der Waals surface area contributed by atoms with Gasteiger partial charge in [0.1, 0.15) is 6.54 Å². The maximum atomic E-state index is 13.1. The molecule has 3 heterocycles. The van der Waals surface area contributed by atoms with E-state index in [0.29, 0.717) is 13.2 Å². The molecule has 5 aliphatic rings. The van der Waals surface area contributed by atoms with E-state index >= 15 is 0 Å². The second-order valence-corrected chi connectivity index (χ2v) is 14.2. The number of carbonyl (C=O) groups is 1. The van der Waals surface area contributed by atoms with Gasteiger partial charge in [-0.2, -0.15) is 5.10 Å². The zero-order valence-corrected chi connectivity index (χ0v) is 26.7. The summed E-state index contributed by atoms with van der Waals surface area (Å²) < 4.78 is 14.2.